The lowest BCUT2D eigenvalue weighted by molar-refractivity contribution is -0.145. The number of carbonyl (C=O) groups is 5. The Kier molecular flexibility index (Phi) is 12.1. The Labute approximate surface area is 226 Å². The van der Waals surface area contributed by atoms with Gasteiger partial charge in [0.15, 0.2) is 5.96 Å². The first-order chi connectivity index (χ1) is 18.5. The van der Waals surface area contributed by atoms with E-state index < -0.39 is 60.2 Å². The number of rotatable bonds is 15. The van der Waals surface area contributed by atoms with E-state index in [0.717, 1.165) is 5.56 Å². The summed E-state index contributed by atoms with van der Waals surface area (Å²) in [6, 6.07) is 4.40. The number of guanidine groups is 1. The van der Waals surface area contributed by atoms with Gasteiger partial charge in [0.2, 0.25) is 17.7 Å². The van der Waals surface area contributed by atoms with Crippen molar-refractivity contribution >= 4 is 35.6 Å². The first-order valence-corrected chi connectivity index (χ1v) is 12.7. The largest absolute Gasteiger partial charge is 0.481 e. The number of hydrogen-bond donors (Lipinski definition) is 7. The number of carbonyl (C=O) groups excluding carboxylic acids is 3. The summed E-state index contributed by atoms with van der Waals surface area (Å²) in [6.45, 7) is 0.453. The molecule has 0 bridgehead atoms. The first kappa shape index (κ1) is 31.0. The summed E-state index contributed by atoms with van der Waals surface area (Å²) >= 11 is 0. The Morgan fingerprint density at radius 2 is 1.72 bits per heavy atom. The molecule has 3 amide bonds. The van der Waals surface area contributed by atoms with E-state index in [2.05, 4.69) is 15.6 Å². The van der Waals surface area contributed by atoms with E-state index in [9.17, 15) is 29.1 Å². The molecule has 4 atom stereocenters. The zero-order chi connectivity index (χ0) is 28.9. The lowest BCUT2D eigenvalue weighted by Crippen LogP contribution is -2.57. The van der Waals surface area contributed by atoms with Crippen LogP contribution >= 0.6 is 0 Å². The van der Waals surface area contributed by atoms with Crippen LogP contribution in [-0.4, -0.2) is 88.0 Å². The fourth-order valence-electron chi connectivity index (χ4n) is 4.28. The zero-order valence-electron chi connectivity index (χ0n) is 21.6. The summed E-state index contributed by atoms with van der Waals surface area (Å²) in [7, 11) is 0. The molecule has 2 rings (SSSR count). The lowest BCUT2D eigenvalue weighted by Gasteiger charge is -2.30. The minimum absolute atomic E-state index is 0.0565. The maximum absolute atomic E-state index is 13.4. The Morgan fingerprint density at radius 3 is 2.33 bits per heavy atom. The van der Waals surface area contributed by atoms with Gasteiger partial charge in [0, 0.05) is 25.9 Å². The van der Waals surface area contributed by atoms with Crippen LogP contribution in [0.25, 0.3) is 0 Å². The Hall–Kier alpha value is -4.20. The summed E-state index contributed by atoms with van der Waals surface area (Å²) in [4.78, 5) is 67.2. The molecule has 10 N–H and O–H groups in total. The molecule has 4 unspecified atom stereocenters. The molecule has 1 saturated heterocycles. The van der Waals surface area contributed by atoms with E-state index in [4.69, 9.17) is 22.3 Å². The highest BCUT2D eigenvalue weighted by atomic mass is 16.4. The number of aliphatic imine (C=N–C) groups is 1. The summed E-state index contributed by atoms with van der Waals surface area (Å²) in [5, 5.41) is 23.8. The van der Waals surface area contributed by atoms with Gasteiger partial charge in [0.05, 0.1) is 6.04 Å². The van der Waals surface area contributed by atoms with Crippen molar-refractivity contribution in [1.29, 1.82) is 0 Å². The van der Waals surface area contributed by atoms with Gasteiger partial charge in [-0.15, -0.1) is 0 Å². The molecule has 14 nitrogen and oxygen atoms in total. The topological polar surface area (TPSA) is 244 Å². The van der Waals surface area contributed by atoms with Crippen LogP contribution in [0.4, 0.5) is 0 Å². The molecule has 1 aromatic carbocycles. The van der Waals surface area contributed by atoms with Crippen LogP contribution in [0.15, 0.2) is 35.3 Å². The molecular formula is C25H37N7O7. The number of benzene rings is 1. The number of hydrogen-bond acceptors (Lipinski definition) is 7. The van der Waals surface area contributed by atoms with Crippen molar-refractivity contribution in [3.8, 4) is 0 Å². The van der Waals surface area contributed by atoms with Gasteiger partial charge in [-0.25, -0.2) is 4.79 Å². The van der Waals surface area contributed by atoms with E-state index in [1.807, 2.05) is 0 Å². The monoisotopic (exact) mass is 547 g/mol. The average Bonchev–Trinajstić information content (AvgIpc) is 3.38. The van der Waals surface area contributed by atoms with Crippen LogP contribution < -0.4 is 27.8 Å². The van der Waals surface area contributed by atoms with Gasteiger partial charge in [-0.3, -0.25) is 24.2 Å². The predicted octanol–water partition coefficient (Wildman–Crippen LogP) is -1.48. The molecular weight excluding hydrogens is 510 g/mol. The number of amides is 3. The third kappa shape index (κ3) is 10.2. The molecule has 1 aliphatic heterocycles. The van der Waals surface area contributed by atoms with Crippen molar-refractivity contribution in [2.45, 2.75) is 69.1 Å². The molecule has 14 heteroatoms. The van der Waals surface area contributed by atoms with Crippen molar-refractivity contribution in [3.63, 3.8) is 0 Å². The Bertz CT molecular complexity index is 1050. The molecule has 214 valence electrons. The third-order valence-electron chi connectivity index (χ3n) is 6.30. The van der Waals surface area contributed by atoms with Crippen LogP contribution in [-0.2, 0) is 30.4 Å². The molecule has 1 heterocycles. The highest BCUT2D eigenvalue weighted by Gasteiger charge is 2.39. The lowest BCUT2D eigenvalue weighted by atomic mass is 10.0. The molecule has 0 aromatic heterocycles. The van der Waals surface area contributed by atoms with Gasteiger partial charge in [0.1, 0.15) is 18.1 Å². The highest BCUT2D eigenvalue weighted by Crippen LogP contribution is 2.20. The molecule has 1 aliphatic rings. The number of carboxylic acids is 2. The highest BCUT2D eigenvalue weighted by molar-refractivity contribution is 5.94. The quantitative estimate of drug-likeness (QED) is 0.0762. The molecule has 0 aliphatic carbocycles. The van der Waals surface area contributed by atoms with Crippen LogP contribution in [0, 0.1) is 0 Å². The smallest absolute Gasteiger partial charge is 0.326 e. The van der Waals surface area contributed by atoms with Crippen molar-refractivity contribution in [2.75, 3.05) is 13.1 Å². The molecule has 1 fully saturated rings. The normalized spacial score (nSPS) is 16.9. The van der Waals surface area contributed by atoms with E-state index in [0.29, 0.717) is 19.3 Å². The Balaban J connectivity index is 2.08. The minimum atomic E-state index is -1.23. The summed E-state index contributed by atoms with van der Waals surface area (Å²) in [6.07, 6.45) is 0.832. The molecule has 39 heavy (non-hydrogen) atoms. The maximum atomic E-state index is 13.4. The molecule has 1 aromatic rings. The SMILES string of the molecule is NC(N)=NCCCC(N)C(=O)NC(CCC(=O)O)C(=O)N1CCCC1C(=O)NC(Cc1ccccc1)C(=O)O. The van der Waals surface area contributed by atoms with E-state index in [1.54, 1.807) is 30.3 Å². The van der Waals surface area contributed by atoms with Crippen LogP contribution in [0.5, 0.6) is 0 Å². The van der Waals surface area contributed by atoms with Gasteiger partial charge in [-0.2, -0.15) is 0 Å². The van der Waals surface area contributed by atoms with Crippen molar-refractivity contribution in [2.24, 2.45) is 22.2 Å². The second kappa shape index (κ2) is 15.3. The van der Waals surface area contributed by atoms with E-state index >= 15 is 0 Å². The maximum Gasteiger partial charge on any atom is 0.326 e. The number of aliphatic carboxylic acids is 2. The van der Waals surface area contributed by atoms with Gasteiger partial charge in [-0.1, -0.05) is 30.3 Å². The van der Waals surface area contributed by atoms with Crippen molar-refractivity contribution in [3.05, 3.63) is 35.9 Å². The molecule has 0 spiro atoms. The summed E-state index contributed by atoms with van der Waals surface area (Å²) in [5.41, 5.74) is 17.2. The molecule has 0 saturated carbocycles. The zero-order valence-corrected chi connectivity index (χ0v) is 21.6. The second-order valence-electron chi connectivity index (χ2n) is 9.33. The standard InChI is InChI=1S/C25H37N7O7/c26-16(8-4-12-29-25(27)28)21(35)30-17(10-11-20(33)34)23(37)32-13-5-9-19(32)22(36)31-18(24(38)39)14-15-6-2-1-3-7-15/h1-3,6-7,16-19H,4-5,8-14,26H2,(H,30,35)(H,31,36)(H,33,34)(H,38,39)(H4,27,28,29). The number of nitrogens with zero attached hydrogens (tertiary/aromatic N) is 2. The summed E-state index contributed by atoms with van der Waals surface area (Å²) < 4.78 is 0. The van der Waals surface area contributed by atoms with Crippen molar-refractivity contribution in [1.82, 2.24) is 15.5 Å². The Morgan fingerprint density at radius 1 is 1.03 bits per heavy atom. The number of nitrogens with two attached hydrogens (primary N) is 3. The first-order valence-electron chi connectivity index (χ1n) is 12.7. The number of carboxylic acid groups (broad SMARTS) is 2. The van der Waals surface area contributed by atoms with Gasteiger partial charge >= 0.3 is 11.9 Å². The van der Waals surface area contributed by atoms with E-state index in [1.165, 1.54) is 4.90 Å². The summed E-state index contributed by atoms with van der Waals surface area (Å²) in [5.74, 6) is -4.40. The second-order valence-corrected chi connectivity index (χ2v) is 9.33. The molecule has 0 radical (unpaired) electrons. The van der Waals surface area contributed by atoms with Gasteiger partial charge in [-0.05, 0) is 37.7 Å². The van der Waals surface area contributed by atoms with Crippen LogP contribution in [0.3, 0.4) is 0 Å². The fraction of sp³-hybridized carbons (Fsp3) is 0.520. The van der Waals surface area contributed by atoms with E-state index in [-0.39, 0.29) is 38.3 Å². The number of likely N-dealkylation sites (tertiary alicyclic amines) is 1. The average molecular weight is 548 g/mol. The fourth-order valence-corrected chi connectivity index (χ4v) is 4.28. The number of nitrogens with one attached hydrogen (secondary N) is 2. The van der Waals surface area contributed by atoms with Crippen LogP contribution in [0.2, 0.25) is 0 Å². The van der Waals surface area contributed by atoms with Gasteiger partial charge < -0.3 is 42.9 Å². The van der Waals surface area contributed by atoms with Crippen molar-refractivity contribution < 1.29 is 34.2 Å². The van der Waals surface area contributed by atoms with Gasteiger partial charge in [0.25, 0.3) is 0 Å². The minimum Gasteiger partial charge on any atom is -0.481 e. The van der Waals surface area contributed by atoms with Crippen LogP contribution in [0.1, 0.15) is 44.1 Å². The third-order valence-corrected chi connectivity index (χ3v) is 6.30. The predicted molar refractivity (Wildman–Crippen MR) is 141 cm³/mol.